The normalized spacial score (nSPS) is 11.7. The molecule has 0 bridgehead atoms. The van der Waals surface area contributed by atoms with E-state index in [2.05, 4.69) is 10.2 Å². The molecule has 2 aromatic rings. The van der Waals surface area contributed by atoms with Gasteiger partial charge in [-0.05, 0) is 24.8 Å². The maximum absolute atomic E-state index is 12.8. The van der Waals surface area contributed by atoms with Gasteiger partial charge in [0.2, 0.25) is 5.16 Å². The van der Waals surface area contributed by atoms with Gasteiger partial charge in [0.15, 0.2) is 0 Å². The molecule has 118 valence electrons. The lowest BCUT2D eigenvalue weighted by Gasteiger charge is -2.10. The molecule has 1 aromatic carbocycles. The van der Waals surface area contributed by atoms with E-state index < -0.39 is 27.4 Å². The van der Waals surface area contributed by atoms with Crippen LogP contribution in [-0.2, 0) is 6.18 Å². The quantitative estimate of drug-likeness (QED) is 0.517. The summed E-state index contributed by atoms with van der Waals surface area (Å²) in [6.45, 7) is 1.55. The lowest BCUT2D eigenvalue weighted by atomic mass is 10.2. The highest BCUT2D eigenvalue weighted by molar-refractivity contribution is 7.99. The van der Waals surface area contributed by atoms with Crippen LogP contribution in [0.15, 0.2) is 22.2 Å². The number of alkyl halides is 3. The Hall–Kier alpha value is -2.01. The molecule has 0 fully saturated rings. The number of hydrogen-bond acceptors (Lipinski definition) is 6. The van der Waals surface area contributed by atoms with Crippen LogP contribution in [0.2, 0.25) is 5.02 Å². The van der Waals surface area contributed by atoms with Gasteiger partial charge >= 0.3 is 6.18 Å². The molecular formula is C10H7ClF3N5O2S. The summed E-state index contributed by atoms with van der Waals surface area (Å²) in [7, 11) is 0. The number of nitrogen functional groups attached to an aromatic ring is 1. The monoisotopic (exact) mass is 353 g/mol. The van der Waals surface area contributed by atoms with Crippen LogP contribution in [-0.4, -0.2) is 19.8 Å². The summed E-state index contributed by atoms with van der Waals surface area (Å²) < 4.78 is 39.3. The predicted molar refractivity (Wildman–Crippen MR) is 72.1 cm³/mol. The fraction of sp³-hybridized carbons (Fsp3) is 0.200. The number of nitrogens with zero attached hydrogens (tertiary/aromatic N) is 4. The van der Waals surface area contributed by atoms with Crippen molar-refractivity contribution in [2.24, 2.45) is 0 Å². The number of nitro groups is 1. The molecule has 0 saturated heterocycles. The number of hydrogen-bond donors (Lipinski definition) is 1. The number of aryl methyl sites for hydroxylation is 1. The van der Waals surface area contributed by atoms with E-state index in [0.717, 1.165) is 10.7 Å². The first-order chi connectivity index (χ1) is 10.1. The average molecular weight is 354 g/mol. The first-order valence-corrected chi connectivity index (χ1v) is 6.70. The first kappa shape index (κ1) is 16.4. The number of halogens is 4. The van der Waals surface area contributed by atoms with Crippen molar-refractivity contribution >= 4 is 29.1 Å². The Labute approximate surface area is 130 Å². The molecule has 0 radical (unpaired) electrons. The number of nitrogens with two attached hydrogens (primary N) is 1. The van der Waals surface area contributed by atoms with Crippen molar-refractivity contribution in [2.45, 2.75) is 23.2 Å². The van der Waals surface area contributed by atoms with Crippen LogP contribution in [0.5, 0.6) is 0 Å². The van der Waals surface area contributed by atoms with E-state index in [-0.39, 0.29) is 10.1 Å². The van der Waals surface area contributed by atoms with Crippen LogP contribution >= 0.6 is 23.4 Å². The van der Waals surface area contributed by atoms with Gasteiger partial charge in [-0.15, -0.1) is 10.2 Å². The van der Waals surface area contributed by atoms with Crippen molar-refractivity contribution in [1.82, 2.24) is 14.9 Å². The molecule has 2 N–H and O–H groups in total. The topological polar surface area (TPSA) is 99.9 Å². The molecule has 2 rings (SSSR count). The standard InChI is InChI=1S/C10H7ClF3N5O2S/c1-4-16-17-9(18(4)15)22-8-3-6(11)5(10(12,13)14)2-7(8)19(20)21/h2-3H,15H2,1H3. The molecular weight excluding hydrogens is 347 g/mol. The molecule has 0 amide bonds. The van der Waals surface area contributed by atoms with Gasteiger partial charge in [-0.1, -0.05) is 11.6 Å². The van der Waals surface area contributed by atoms with Crippen molar-refractivity contribution in [2.75, 3.05) is 5.84 Å². The Morgan fingerprint density at radius 3 is 2.50 bits per heavy atom. The molecule has 22 heavy (non-hydrogen) atoms. The SMILES string of the molecule is Cc1nnc(Sc2cc(Cl)c(C(F)(F)F)cc2[N+](=O)[O-])n1N. The third kappa shape index (κ3) is 3.09. The molecule has 1 aromatic heterocycles. The number of rotatable bonds is 3. The number of nitro benzene ring substituents is 1. The van der Waals surface area contributed by atoms with Crippen LogP contribution in [0.1, 0.15) is 11.4 Å². The average Bonchev–Trinajstić information content (AvgIpc) is 2.69. The summed E-state index contributed by atoms with van der Waals surface area (Å²) in [6, 6.07) is 1.24. The Kier molecular flexibility index (Phi) is 4.20. The zero-order valence-corrected chi connectivity index (χ0v) is 12.3. The van der Waals surface area contributed by atoms with Crippen molar-refractivity contribution in [3.8, 4) is 0 Å². The lowest BCUT2D eigenvalue weighted by molar-refractivity contribution is -0.388. The van der Waals surface area contributed by atoms with Crippen molar-refractivity contribution in [3.05, 3.63) is 38.7 Å². The lowest BCUT2D eigenvalue weighted by Crippen LogP contribution is -2.11. The van der Waals surface area contributed by atoms with E-state index in [1.165, 1.54) is 0 Å². The summed E-state index contributed by atoms with van der Waals surface area (Å²) in [5.41, 5.74) is -2.03. The molecule has 0 spiro atoms. The van der Waals surface area contributed by atoms with Crippen LogP contribution < -0.4 is 5.84 Å². The minimum atomic E-state index is -4.80. The summed E-state index contributed by atoms with van der Waals surface area (Å²) in [5.74, 6) is 5.94. The van der Waals surface area contributed by atoms with E-state index in [1.807, 2.05) is 0 Å². The molecule has 0 aliphatic heterocycles. The summed E-state index contributed by atoms with van der Waals surface area (Å²) >= 11 is 6.27. The van der Waals surface area contributed by atoms with Gasteiger partial charge in [0, 0.05) is 6.07 Å². The first-order valence-electron chi connectivity index (χ1n) is 5.51. The molecule has 0 atom stereocenters. The second-order valence-corrected chi connectivity index (χ2v) is 5.47. The highest BCUT2D eigenvalue weighted by Gasteiger charge is 2.36. The van der Waals surface area contributed by atoms with E-state index >= 15 is 0 Å². The molecule has 0 aliphatic carbocycles. The second-order valence-electron chi connectivity index (χ2n) is 4.06. The zero-order chi connectivity index (χ0) is 16.7. The smallest absolute Gasteiger partial charge is 0.336 e. The number of benzene rings is 1. The molecule has 0 saturated carbocycles. The van der Waals surface area contributed by atoms with Crippen molar-refractivity contribution in [3.63, 3.8) is 0 Å². The van der Waals surface area contributed by atoms with Crippen molar-refractivity contribution < 1.29 is 18.1 Å². The van der Waals surface area contributed by atoms with E-state index in [9.17, 15) is 23.3 Å². The van der Waals surface area contributed by atoms with Crippen LogP contribution in [0.4, 0.5) is 18.9 Å². The molecule has 0 unspecified atom stereocenters. The van der Waals surface area contributed by atoms with E-state index in [0.29, 0.717) is 23.7 Å². The third-order valence-electron chi connectivity index (χ3n) is 2.59. The zero-order valence-electron chi connectivity index (χ0n) is 10.8. The minimum absolute atomic E-state index is 0.0800. The fourth-order valence-electron chi connectivity index (χ4n) is 1.50. The van der Waals surface area contributed by atoms with Gasteiger partial charge in [0.1, 0.15) is 5.82 Å². The Bertz CT molecular complexity index is 749. The predicted octanol–water partition coefficient (Wildman–Crippen LogP) is 3.03. The number of aromatic nitrogens is 3. The van der Waals surface area contributed by atoms with Gasteiger partial charge in [-0.25, -0.2) is 4.68 Å². The van der Waals surface area contributed by atoms with Gasteiger partial charge in [0.25, 0.3) is 5.69 Å². The maximum atomic E-state index is 12.8. The van der Waals surface area contributed by atoms with Gasteiger partial charge in [-0.2, -0.15) is 13.2 Å². The van der Waals surface area contributed by atoms with Gasteiger partial charge < -0.3 is 5.84 Å². The largest absolute Gasteiger partial charge is 0.418 e. The molecule has 0 aliphatic rings. The van der Waals surface area contributed by atoms with E-state index in [1.54, 1.807) is 6.92 Å². The maximum Gasteiger partial charge on any atom is 0.418 e. The minimum Gasteiger partial charge on any atom is -0.336 e. The second kappa shape index (κ2) is 5.65. The highest BCUT2D eigenvalue weighted by Crippen LogP contribution is 2.42. The Balaban J connectivity index is 2.54. The van der Waals surface area contributed by atoms with Crippen LogP contribution in [0.3, 0.4) is 0 Å². The van der Waals surface area contributed by atoms with E-state index in [4.69, 9.17) is 17.4 Å². The van der Waals surface area contributed by atoms with Gasteiger partial charge in [0.05, 0.1) is 20.4 Å². The van der Waals surface area contributed by atoms with Crippen molar-refractivity contribution in [1.29, 1.82) is 0 Å². The fourth-order valence-corrected chi connectivity index (χ4v) is 2.76. The highest BCUT2D eigenvalue weighted by atomic mass is 35.5. The Morgan fingerprint density at radius 2 is 2.05 bits per heavy atom. The van der Waals surface area contributed by atoms with Crippen LogP contribution in [0.25, 0.3) is 0 Å². The molecule has 7 nitrogen and oxygen atoms in total. The summed E-state index contributed by atoms with van der Waals surface area (Å²) in [4.78, 5) is 9.94. The third-order valence-corrected chi connectivity index (χ3v) is 3.91. The Morgan fingerprint density at radius 1 is 1.41 bits per heavy atom. The van der Waals surface area contributed by atoms with Crippen LogP contribution in [0, 0.1) is 17.0 Å². The molecule has 1 heterocycles. The summed E-state index contributed by atoms with van der Waals surface area (Å²) in [6.07, 6.45) is -4.80. The molecule has 12 heteroatoms. The summed E-state index contributed by atoms with van der Waals surface area (Å²) in [5, 5.41) is 17.8. The van der Waals surface area contributed by atoms with Gasteiger partial charge in [-0.3, -0.25) is 10.1 Å².